The minimum Gasteiger partial charge on any atom is -0.462 e. The summed E-state index contributed by atoms with van der Waals surface area (Å²) in [4.78, 5) is 49.1. The number of nitrogens with one attached hydrogen (secondary N) is 1. The van der Waals surface area contributed by atoms with E-state index in [0.29, 0.717) is 16.8 Å². The average Bonchev–Trinajstić information content (AvgIpc) is 2.83. The van der Waals surface area contributed by atoms with Crippen molar-refractivity contribution in [2.24, 2.45) is 0 Å². The van der Waals surface area contributed by atoms with E-state index in [1.165, 1.54) is 24.3 Å². The molecule has 0 unspecified atom stereocenters. The summed E-state index contributed by atoms with van der Waals surface area (Å²) in [6.45, 7) is 1.44. The zero-order valence-electron chi connectivity index (χ0n) is 17.4. The third-order valence-electron chi connectivity index (χ3n) is 4.44. The molecule has 0 bridgehead atoms. The average molecular weight is 431 g/mol. The molecule has 7 heteroatoms. The number of rotatable bonds is 8. The summed E-state index contributed by atoms with van der Waals surface area (Å²) in [6, 6.07) is 21.0. The van der Waals surface area contributed by atoms with Gasteiger partial charge in [0.25, 0.3) is 5.91 Å². The number of carbonyl (C=O) groups is 4. The van der Waals surface area contributed by atoms with E-state index in [0.717, 1.165) is 0 Å². The van der Waals surface area contributed by atoms with Gasteiger partial charge in [0.15, 0.2) is 12.4 Å². The quantitative estimate of drug-likeness (QED) is 0.429. The number of amides is 1. The molecule has 0 fully saturated rings. The van der Waals surface area contributed by atoms with E-state index in [4.69, 9.17) is 9.47 Å². The van der Waals surface area contributed by atoms with Gasteiger partial charge in [-0.3, -0.25) is 9.59 Å². The fraction of sp³-hybridized carbons (Fsp3) is 0.120. The number of benzene rings is 3. The van der Waals surface area contributed by atoms with Gasteiger partial charge in [0.05, 0.1) is 17.7 Å². The lowest BCUT2D eigenvalue weighted by Crippen LogP contribution is -2.22. The molecule has 0 radical (unpaired) electrons. The Hall–Kier alpha value is -4.26. The van der Waals surface area contributed by atoms with E-state index in [1.807, 2.05) is 0 Å². The lowest BCUT2D eigenvalue weighted by Gasteiger charge is -2.10. The molecule has 3 aromatic rings. The minimum absolute atomic E-state index is 0.0768. The molecule has 1 N–H and O–H groups in total. The molecule has 0 spiro atoms. The van der Waals surface area contributed by atoms with Crippen LogP contribution in [0.4, 0.5) is 5.69 Å². The van der Waals surface area contributed by atoms with Crippen molar-refractivity contribution < 1.29 is 28.7 Å². The third-order valence-corrected chi connectivity index (χ3v) is 4.44. The zero-order chi connectivity index (χ0) is 22.9. The molecule has 1 amide bonds. The predicted octanol–water partition coefficient (Wildman–Crippen LogP) is 3.89. The first-order valence-corrected chi connectivity index (χ1v) is 9.92. The largest absolute Gasteiger partial charge is 0.462 e. The molecule has 3 aromatic carbocycles. The molecule has 7 nitrogen and oxygen atoms in total. The van der Waals surface area contributed by atoms with E-state index < -0.39 is 24.5 Å². The van der Waals surface area contributed by atoms with Crippen LogP contribution in [0.1, 0.15) is 43.6 Å². The van der Waals surface area contributed by atoms with Gasteiger partial charge >= 0.3 is 11.9 Å². The van der Waals surface area contributed by atoms with E-state index in [9.17, 15) is 19.2 Å². The van der Waals surface area contributed by atoms with Crippen LogP contribution in [-0.2, 0) is 14.3 Å². The highest BCUT2D eigenvalue weighted by atomic mass is 16.5. The molecule has 0 aliphatic rings. The zero-order valence-corrected chi connectivity index (χ0v) is 17.4. The van der Waals surface area contributed by atoms with Crippen LogP contribution in [0.2, 0.25) is 0 Å². The van der Waals surface area contributed by atoms with Crippen molar-refractivity contribution in [2.45, 2.75) is 6.92 Å². The van der Waals surface area contributed by atoms with Gasteiger partial charge in [-0.2, -0.15) is 0 Å². The van der Waals surface area contributed by atoms with Crippen LogP contribution in [0.3, 0.4) is 0 Å². The van der Waals surface area contributed by atoms with Crippen LogP contribution < -0.4 is 5.32 Å². The summed E-state index contributed by atoms with van der Waals surface area (Å²) < 4.78 is 10.0. The molecule has 0 heterocycles. The molecule has 0 saturated carbocycles. The highest BCUT2D eigenvalue weighted by Gasteiger charge is 2.19. The lowest BCUT2D eigenvalue weighted by atomic mass is 9.98. The summed E-state index contributed by atoms with van der Waals surface area (Å²) in [5.41, 5.74) is 1.50. The van der Waals surface area contributed by atoms with Gasteiger partial charge in [0.1, 0.15) is 0 Å². The van der Waals surface area contributed by atoms with Gasteiger partial charge in [-0.15, -0.1) is 0 Å². The standard InChI is InChI=1S/C25H21NO6/c1-2-31-24(29)18-12-14-19(15-13-18)26-22(27)16-32-25(30)21-11-7-6-10-20(21)23(28)17-8-4-3-5-9-17/h3-15H,2,16H2,1H3,(H,26,27). The van der Waals surface area contributed by atoms with Crippen LogP contribution in [0.15, 0.2) is 78.9 Å². The van der Waals surface area contributed by atoms with Gasteiger partial charge in [-0.1, -0.05) is 48.5 Å². The molecular weight excluding hydrogens is 410 g/mol. The minimum atomic E-state index is -0.780. The summed E-state index contributed by atoms with van der Waals surface area (Å²) in [5.74, 6) is -2.11. The molecular formula is C25H21NO6. The Balaban J connectivity index is 1.61. The predicted molar refractivity (Wildman–Crippen MR) is 118 cm³/mol. The Morgan fingerprint density at radius 1 is 0.688 bits per heavy atom. The number of anilines is 1. The smallest absolute Gasteiger partial charge is 0.339 e. The van der Waals surface area contributed by atoms with Gasteiger partial charge in [0.2, 0.25) is 0 Å². The Kier molecular flexibility index (Phi) is 7.48. The Morgan fingerprint density at radius 2 is 1.31 bits per heavy atom. The van der Waals surface area contributed by atoms with Crippen molar-refractivity contribution in [2.75, 3.05) is 18.5 Å². The van der Waals surface area contributed by atoms with Crippen LogP contribution in [0, 0.1) is 0 Å². The second-order valence-corrected chi connectivity index (χ2v) is 6.66. The third kappa shape index (κ3) is 5.66. The maximum atomic E-state index is 12.7. The monoisotopic (exact) mass is 431 g/mol. The van der Waals surface area contributed by atoms with E-state index >= 15 is 0 Å². The number of carbonyl (C=O) groups excluding carboxylic acids is 4. The molecule has 32 heavy (non-hydrogen) atoms. The van der Waals surface area contributed by atoms with Crippen LogP contribution in [-0.4, -0.2) is 36.8 Å². The van der Waals surface area contributed by atoms with Crippen LogP contribution in [0.5, 0.6) is 0 Å². The van der Waals surface area contributed by atoms with Gasteiger partial charge in [-0.05, 0) is 37.3 Å². The lowest BCUT2D eigenvalue weighted by molar-refractivity contribution is -0.119. The highest BCUT2D eigenvalue weighted by molar-refractivity contribution is 6.14. The SMILES string of the molecule is CCOC(=O)c1ccc(NC(=O)COC(=O)c2ccccc2C(=O)c2ccccc2)cc1. The second-order valence-electron chi connectivity index (χ2n) is 6.66. The van der Waals surface area contributed by atoms with Crippen molar-refractivity contribution in [3.63, 3.8) is 0 Å². The summed E-state index contributed by atoms with van der Waals surface area (Å²) in [6.07, 6.45) is 0. The van der Waals surface area contributed by atoms with Crippen LogP contribution >= 0.6 is 0 Å². The Morgan fingerprint density at radius 3 is 1.97 bits per heavy atom. The molecule has 0 aromatic heterocycles. The second kappa shape index (κ2) is 10.7. The van der Waals surface area contributed by atoms with Crippen molar-refractivity contribution in [1.29, 1.82) is 0 Å². The molecule has 3 rings (SSSR count). The fourth-order valence-corrected chi connectivity index (χ4v) is 2.91. The Labute approximate surface area is 185 Å². The maximum absolute atomic E-state index is 12.7. The van der Waals surface area contributed by atoms with E-state index in [2.05, 4.69) is 5.32 Å². The van der Waals surface area contributed by atoms with Gasteiger partial charge < -0.3 is 14.8 Å². The van der Waals surface area contributed by atoms with Crippen molar-refractivity contribution in [1.82, 2.24) is 0 Å². The first kappa shape index (κ1) is 22.4. The molecule has 0 atom stereocenters. The summed E-state index contributed by atoms with van der Waals surface area (Å²) in [5, 5.41) is 2.57. The van der Waals surface area contributed by atoms with Crippen molar-refractivity contribution in [3.8, 4) is 0 Å². The Bertz CT molecular complexity index is 1120. The normalized spacial score (nSPS) is 10.2. The number of ketones is 1. The maximum Gasteiger partial charge on any atom is 0.339 e. The van der Waals surface area contributed by atoms with Gasteiger partial charge in [-0.25, -0.2) is 9.59 Å². The van der Waals surface area contributed by atoms with Crippen molar-refractivity contribution >= 4 is 29.3 Å². The highest BCUT2D eigenvalue weighted by Crippen LogP contribution is 2.16. The van der Waals surface area contributed by atoms with Crippen LogP contribution in [0.25, 0.3) is 0 Å². The number of hydrogen-bond acceptors (Lipinski definition) is 6. The van der Waals surface area contributed by atoms with Crippen molar-refractivity contribution in [3.05, 3.63) is 101 Å². The molecule has 162 valence electrons. The first-order chi connectivity index (χ1) is 15.5. The van der Waals surface area contributed by atoms with Gasteiger partial charge in [0, 0.05) is 16.8 Å². The summed E-state index contributed by atoms with van der Waals surface area (Å²) >= 11 is 0. The summed E-state index contributed by atoms with van der Waals surface area (Å²) in [7, 11) is 0. The molecule has 0 aliphatic heterocycles. The van der Waals surface area contributed by atoms with E-state index in [1.54, 1.807) is 61.5 Å². The first-order valence-electron chi connectivity index (χ1n) is 9.92. The fourth-order valence-electron chi connectivity index (χ4n) is 2.91. The molecule has 0 aliphatic carbocycles. The molecule has 0 saturated heterocycles. The topological polar surface area (TPSA) is 98.8 Å². The number of ether oxygens (including phenoxy) is 2. The number of esters is 2. The number of hydrogen-bond donors (Lipinski definition) is 1. The van der Waals surface area contributed by atoms with E-state index in [-0.39, 0.29) is 23.5 Å².